The molecule has 6 rings (SSSR count). The number of piperidine rings is 4. The number of hydrogen-bond acceptors (Lipinski definition) is 6. The molecule has 0 radical (unpaired) electrons. The summed E-state index contributed by atoms with van der Waals surface area (Å²) < 4.78 is 3.26. The average Bonchev–Trinajstić information content (AvgIpc) is 3.15. The second-order valence-corrected chi connectivity index (χ2v) is 11.3. The molecule has 0 saturated carbocycles. The standard InChI is InChI=1S/C27H38N6O3/c1-30-24-20(3-2-4-21(24)33(26(30)36)22-5-6-23(34)29-25(22)35)32-17-11-27(12-18-32)9-15-31(16-10-27)19-7-13-28-14-8-19/h2-4,19,22,28H,5-18H2,1H3,(H,29,34,35). The Morgan fingerprint density at radius 3 is 2.31 bits per heavy atom. The molecule has 1 unspecified atom stereocenters. The van der Waals surface area contributed by atoms with E-state index in [4.69, 9.17) is 0 Å². The van der Waals surface area contributed by atoms with Gasteiger partial charge in [-0.3, -0.25) is 24.0 Å². The van der Waals surface area contributed by atoms with Crippen molar-refractivity contribution < 1.29 is 9.59 Å². The first kappa shape index (κ1) is 23.7. The predicted molar refractivity (Wildman–Crippen MR) is 139 cm³/mol. The molecule has 0 aliphatic carbocycles. The van der Waals surface area contributed by atoms with E-state index in [2.05, 4.69) is 26.5 Å². The van der Waals surface area contributed by atoms with Crippen molar-refractivity contribution in [1.29, 1.82) is 0 Å². The summed E-state index contributed by atoms with van der Waals surface area (Å²) in [6.07, 6.45) is 8.12. The van der Waals surface area contributed by atoms with Crippen molar-refractivity contribution in [2.24, 2.45) is 12.5 Å². The van der Waals surface area contributed by atoms with E-state index in [9.17, 15) is 14.4 Å². The minimum absolute atomic E-state index is 0.203. The maximum absolute atomic E-state index is 13.3. The molecule has 5 heterocycles. The third-order valence-corrected chi connectivity index (χ3v) is 9.45. The lowest BCUT2D eigenvalue weighted by Gasteiger charge is -2.49. The van der Waals surface area contributed by atoms with Gasteiger partial charge in [0.2, 0.25) is 11.8 Å². The molecule has 9 heteroatoms. The molecule has 2 N–H and O–H groups in total. The molecular weight excluding hydrogens is 456 g/mol. The highest BCUT2D eigenvalue weighted by atomic mass is 16.2. The summed E-state index contributed by atoms with van der Waals surface area (Å²) in [5.41, 5.74) is 2.96. The quantitative estimate of drug-likeness (QED) is 0.632. The van der Waals surface area contributed by atoms with E-state index in [0.717, 1.165) is 48.9 Å². The Hall–Kier alpha value is -2.65. The number of nitrogens with one attached hydrogen (secondary N) is 2. The van der Waals surface area contributed by atoms with Crippen molar-refractivity contribution >= 4 is 28.5 Å². The van der Waals surface area contributed by atoms with E-state index in [1.807, 2.05) is 12.1 Å². The van der Waals surface area contributed by atoms with Crippen LogP contribution in [0.25, 0.3) is 11.0 Å². The van der Waals surface area contributed by atoms with Gasteiger partial charge in [-0.15, -0.1) is 0 Å². The summed E-state index contributed by atoms with van der Waals surface area (Å²) in [6.45, 7) is 6.74. The van der Waals surface area contributed by atoms with E-state index in [1.165, 1.54) is 51.6 Å². The molecule has 1 spiro atoms. The zero-order valence-corrected chi connectivity index (χ0v) is 21.3. The minimum atomic E-state index is -0.649. The second-order valence-electron chi connectivity index (χ2n) is 11.3. The van der Waals surface area contributed by atoms with E-state index in [1.54, 1.807) is 16.2 Å². The molecule has 4 saturated heterocycles. The maximum Gasteiger partial charge on any atom is 0.329 e. The van der Waals surface area contributed by atoms with Crippen LogP contribution in [0.1, 0.15) is 57.4 Å². The molecule has 4 fully saturated rings. The van der Waals surface area contributed by atoms with Crippen LogP contribution >= 0.6 is 0 Å². The number of fused-ring (bicyclic) bond motifs is 1. The van der Waals surface area contributed by atoms with Crippen molar-refractivity contribution in [3.8, 4) is 0 Å². The second kappa shape index (κ2) is 9.34. The van der Waals surface area contributed by atoms with Crippen molar-refractivity contribution in [2.45, 2.75) is 63.5 Å². The number of imidazole rings is 1. The fraction of sp³-hybridized carbons (Fsp3) is 0.667. The van der Waals surface area contributed by atoms with E-state index in [0.29, 0.717) is 11.8 Å². The van der Waals surface area contributed by atoms with Gasteiger partial charge in [0, 0.05) is 32.6 Å². The Morgan fingerprint density at radius 1 is 0.917 bits per heavy atom. The molecule has 9 nitrogen and oxygen atoms in total. The monoisotopic (exact) mass is 494 g/mol. The summed E-state index contributed by atoms with van der Waals surface area (Å²) >= 11 is 0. The molecule has 2 amide bonds. The SMILES string of the molecule is Cn1c(=O)n(C2CCC(=O)NC2=O)c2cccc(N3CCC4(CC3)CCN(C3CCNCC3)CC4)c21. The number of rotatable bonds is 3. The third kappa shape index (κ3) is 4.06. The number of amides is 2. The average molecular weight is 495 g/mol. The number of likely N-dealkylation sites (tertiary alicyclic amines) is 1. The van der Waals surface area contributed by atoms with Gasteiger partial charge in [-0.2, -0.15) is 0 Å². The smallest absolute Gasteiger partial charge is 0.329 e. The number of anilines is 1. The fourth-order valence-corrected chi connectivity index (χ4v) is 7.16. The number of hydrogen-bond donors (Lipinski definition) is 2. The van der Waals surface area contributed by atoms with E-state index >= 15 is 0 Å². The molecule has 1 aromatic carbocycles. The third-order valence-electron chi connectivity index (χ3n) is 9.45. The first-order valence-corrected chi connectivity index (χ1v) is 13.7. The normalized spacial score (nSPS) is 26.0. The van der Waals surface area contributed by atoms with Gasteiger partial charge in [0.1, 0.15) is 6.04 Å². The highest BCUT2D eigenvalue weighted by Crippen LogP contribution is 2.43. The van der Waals surface area contributed by atoms with Crippen LogP contribution in [0.3, 0.4) is 0 Å². The summed E-state index contributed by atoms with van der Waals surface area (Å²) in [5, 5.41) is 5.89. The van der Waals surface area contributed by atoms with Crippen LogP contribution in [0.15, 0.2) is 23.0 Å². The van der Waals surface area contributed by atoms with Crippen LogP contribution in [-0.2, 0) is 16.6 Å². The van der Waals surface area contributed by atoms with Crippen molar-refractivity contribution in [3.63, 3.8) is 0 Å². The number of aryl methyl sites for hydroxylation is 1. The number of benzene rings is 1. The van der Waals surface area contributed by atoms with Gasteiger partial charge in [-0.25, -0.2) is 4.79 Å². The summed E-state index contributed by atoms with van der Waals surface area (Å²) in [7, 11) is 1.79. The van der Waals surface area contributed by atoms with Gasteiger partial charge in [0.15, 0.2) is 0 Å². The van der Waals surface area contributed by atoms with Gasteiger partial charge in [-0.1, -0.05) is 6.07 Å². The van der Waals surface area contributed by atoms with Gasteiger partial charge >= 0.3 is 5.69 Å². The Morgan fingerprint density at radius 2 is 1.61 bits per heavy atom. The Bertz CT molecular complexity index is 1210. The Kier molecular flexibility index (Phi) is 6.16. The van der Waals surface area contributed by atoms with Crippen LogP contribution in [0, 0.1) is 5.41 Å². The van der Waals surface area contributed by atoms with Crippen LogP contribution in [0.5, 0.6) is 0 Å². The van der Waals surface area contributed by atoms with E-state index in [-0.39, 0.29) is 23.9 Å². The molecule has 36 heavy (non-hydrogen) atoms. The lowest BCUT2D eigenvalue weighted by Crippen LogP contribution is -2.51. The number of carbonyl (C=O) groups is 2. The zero-order chi connectivity index (χ0) is 24.9. The molecule has 194 valence electrons. The maximum atomic E-state index is 13.3. The van der Waals surface area contributed by atoms with Gasteiger partial charge in [0.05, 0.1) is 16.7 Å². The molecule has 1 aromatic heterocycles. The minimum Gasteiger partial charge on any atom is -0.370 e. The molecule has 1 atom stereocenters. The van der Waals surface area contributed by atoms with Crippen molar-refractivity contribution in [2.75, 3.05) is 44.2 Å². The highest BCUT2D eigenvalue weighted by molar-refractivity contribution is 6.00. The first-order valence-electron chi connectivity index (χ1n) is 13.7. The number of para-hydroxylation sites is 1. The summed E-state index contributed by atoms with van der Waals surface area (Å²) in [4.78, 5) is 42.7. The largest absolute Gasteiger partial charge is 0.370 e. The number of carbonyl (C=O) groups excluding carboxylic acids is 2. The van der Waals surface area contributed by atoms with Gasteiger partial charge < -0.3 is 15.1 Å². The van der Waals surface area contributed by atoms with Crippen LogP contribution < -0.4 is 21.2 Å². The molecule has 4 aliphatic rings. The van der Waals surface area contributed by atoms with Crippen LogP contribution in [0.2, 0.25) is 0 Å². The van der Waals surface area contributed by atoms with Crippen LogP contribution in [0.4, 0.5) is 5.69 Å². The fourth-order valence-electron chi connectivity index (χ4n) is 7.16. The lowest BCUT2D eigenvalue weighted by atomic mass is 9.71. The van der Waals surface area contributed by atoms with Crippen molar-refractivity contribution in [3.05, 3.63) is 28.7 Å². The molecule has 0 bridgehead atoms. The topological polar surface area (TPSA) is 91.6 Å². The van der Waals surface area contributed by atoms with Crippen LogP contribution in [-0.4, -0.2) is 71.2 Å². The van der Waals surface area contributed by atoms with Crippen molar-refractivity contribution in [1.82, 2.24) is 24.7 Å². The molecule has 2 aromatic rings. The predicted octanol–water partition coefficient (Wildman–Crippen LogP) is 1.75. The Balaban J connectivity index is 1.19. The molecule has 4 aliphatic heterocycles. The zero-order valence-electron chi connectivity index (χ0n) is 21.3. The number of nitrogens with zero attached hydrogens (tertiary/aromatic N) is 4. The van der Waals surface area contributed by atoms with Gasteiger partial charge in [0.25, 0.3) is 0 Å². The lowest BCUT2D eigenvalue weighted by molar-refractivity contribution is -0.135. The summed E-state index contributed by atoms with van der Waals surface area (Å²) in [6, 6.07) is 6.13. The highest BCUT2D eigenvalue weighted by Gasteiger charge is 2.40. The number of aromatic nitrogens is 2. The number of imide groups is 1. The summed E-state index contributed by atoms with van der Waals surface area (Å²) in [5.74, 6) is -0.656. The van der Waals surface area contributed by atoms with E-state index < -0.39 is 6.04 Å². The first-order chi connectivity index (χ1) is 17.5. The Labute approximate surface area is 211 Å². The van der Waals surface area contributed by atoms with Gasteiger partial charge in [-0.05, 0) is 88.7 Å². The molecular formula is C27H38N6O3.